The van der Waals surface area contributed by atoms with Crippen molar-refractivity contribution in [2.45, 2.75) is 33.1 Å². The predicted octanol–water partition coefficient (Wildman–Crippen LogP) is 3.43. The number of rotatable bonds is 0. The van der Waals surface area contributed by atoms with Crippen LogP contribution in [0.5, 0.6) is 0 Å². The molecule has 98 valence electrons. The maximum atomic E-state index is 12.8. The van der Waals surface area contributed by atoms with E-state index in [2.05, 4.69) is 6.92 Å². The van der Waals surface area contributed by atoms with Crippen molar-refractivity contribution >= 4 is 11.6 Å². The Labute approximate surface area is 113 Å². The summed E-state index contributed by atoms with van der Waals surface area (Å²) in [7, 11) is 0. The molecule has 3 aliphatic carbocycles. The van der Waals surface area contributed by atoms with Gasteiger partial charge in [0.2, 0.25) is 0 Å². The Morgan fingerprint density at radius 2 is 2.00 bits per heavy atom. The first-order valence-electron chi connectivity index (χ1n) is 7.21. The van der Waals surface area contributed by atoms with Gasteiger partial charge in [-0.2, -0.15) is 0 Å². The molecule has 2 heteroatoms. The number of ketones is 2. The lowest BCUT2D eigenvalue weighted by atomic mass is 9.62. The Balaban J connectivity index is 1.96. The van der Waals surface area contributed by atoms with Gasteiger partial charge in [0, 0.05) is 23.0 Å². The molecule has 0 amide bonds. The maximum absolute atomic E-state index is 12.8. The van der Waals surface area contributed by atoms with E-state index in [0.29, 0.717) is 17.0 Å². The maximum Gasteiger partial charge on any atom is 0.167 e. The molecule has 4 rings (SSSR count). The lowest BCUT2D eigenvalue weighted by Gasteiger charge is -2.39. The van der Waals surface area contributed by atoms with Crippen molar-refractivity contribution < 1.29 is 9.59 Å². The van der Waals surface area contributed by atoms with Crippen LogP contribution in [0.2, 0.25) is 0 Å². The van der Waals surface area contributed by atoms with E-state index in [0.717, 1.165) is 24.8 Å². The third-order valence-corrected chi connectivity index (χ3v) is 5.80. The van der Waals surface area contributed by atoms with E-state index in [9.17, 15) is 9.59 Å². The first kappa shape index (κ1) is 11.4. The van der Waals surface area contributed by atoms with Crippen molar-refractivity contribution in [2.24, 2.45) is 23.2 Å². The number of Topliss-reactive ketones (excluding diaryl/α,β-unsaturated/α-hetero) is 2. The van der Waals surface area contributed by atoms with Gasteiger partial charge in [0.05, 0.1) is 0 Å². The fourth-order valence-corrected chi connectivity index (χ4v) is 4.99. The van der Waals surface area contributed by atoms with Crippen LogP contribution in [0.15, 0.2) is 18.2 Å². The minimum atomic E-state index is -0.0481. The molecule has 0 radical (unpaired) electrons. The zero-order valence-electron chi connectivity index (χ0n) is 11.4. The third-order valence-electron chi connectivity index (χ3n) is 5.80. The van der Waals surface area contributed by atoms with Crippen LogP contribution in [-0.4, -0.2) is 11.6 Å². The van der Waals surface area contributed by atoms with Crippen LogP contribution >= 0.6 is 0 Å². The highest BCUT2D eigenvalue weighted by Gasteiger charge is 2.62. The fraction of sp³-hybridized carbons (Fsp3) is 0.529. The molecule has 2 fully saturated rings. The molecule has 0 spiro atoms. The molecule has 0 aliphatic heterocycles. The van der Waals surface area contributed by atoms with E-state index in [1.807, 2.05) is 25.1 Å². The molecular formula is C17H18O2. The molecule has 1 aromatic rings. The van der Waals surface area contributed by atoms with Gasteiger partial charge in [0.25, 0.3) is 0 Å². The average Bonchev–Trinajstić information content (AvgIpc) is 2.89. The molecule has 0 N–H and O–H groups in total. The van der Waals surface area contributed by atoms with E-state index >= 15 is 0 Å². The molecule has 3 aliphatic rings. The molecule has 19 heavy (non-hydrogen) atoms. The highest BCUT2D eigenvalue weighted by Crippen LogP contribution is 2.63. The number of carbonyl (C=O) groups is 2. The minimum Gasteiger partial charge on any atom is -0.294 e. The number of hydrogen-bond acceptors (Lipinski definition) is 2. The number of benzene rings is 1. The Morgan fingerprint density at radius 1 is 1.21 bits per heavy atom. The minimum absolute atomic E-state index is 0.0279. The molecule has 0 saturated heterocycles. The average molecular weight is 254 g/mol. The molecule has 4 atom stereocenters. The normalized spacial score (nSPS) is 39.4. The van der Waals surface area contributed by atoms with Gasteiger partial charge >= 0.3 is 0 Å². The number of hydrogen-bond donors (Lipinski definition) is 0. The first-order valence-corrected chi connectivity index (χ1v) is 7.21. The Morgan fingerprint density at radius 3 is 2.79 bits per heavy atom. The van der Waals surface area contributed by atoms with Crippen molar-refractivity contribution in [3.8, 4) is 0 Å². The van der Waals surface area contributed by atoms with Gasteiger partial charge in [0.15, 0.2) is 11.6 Å². The van der Waals surface area contributed by atoms with Crippen LogP contribution in [0, 0.1) is 30.1 Å². The van der Waals surface area contributed by atoms with E-state index in [1.54, 1.807) is 0 Å². The molecule has 0 heterocycles. The van der Waals surface area contributed by atoms with Crippen LogP contribution in [0.25, 0.3) is 0 Å². The number of aryl methyl sites for hydroxylation is 1. The lowest BCUT2D eigenvalue weighted by molar-refractivity contribution is 0.0572. The Bertz CT molecular complexity index is 616. The van der Waals surface area contributed by atoms with Crippen molar-refractivity contribution in [2.75, 3.05) is 0 Å². The monoisotopic (exact) mass is 254 g/mol. The topological polar surface area (TPSA) is 34.1 Å². The lowest BCUT2D eigenvalue weighted by Crippen LogP contribution is -2.43. The van der Waals surface area contributed by atoms with Gasteiger partial charge in [-0.05, 0) is 43.1 Å². The number of carbonyl (C=O) groups excluding carboxylic acids is 2. The summed E-state index contributed by atoms with van der Waals surface area (Å²) in [5.74, 6) is 0.839. The van der Waals surface area contributed by atoms with Crippen molar-refractivity contribution in [3.05, 3.63) is 34.9 Å². The summed E-state index contributed by atoms with van der Waals surface area (Å²) in [5, 5.41) is 0. The fourth-order valence-electron chi connectivity index (χ4n) is 4.99. The quantitative estimate of drug-likeness (QED) is 0.711. The summed E-state index contributed by atoms with van der Waals surface area (Å²) in [6.45, 7) is 4.16. The van der Waals surface area contributed by atoms with Crippen molar-refractivity contribution in [3.63, 3.8) is 0 Å². The molecule has 2 bridgehead atoms. The first-order chi connectivity index (χ1) is 9.03. The van der Waals surface area contributed by atoms with E-state index in [1.165, 1.54) is 0 Å². The van der Waals surface area contributed by atoms with Crippen LogP contribution in [0.3, 0.4) is 0 Å². The highest BCUT2D eigenvalue weighted by molar-refractivity contribution is 6.17. The van der Waals surface area contributed by atoms with Crippen LogP contribution in [-0.2, 0) is 0 Å². The van der Waals surface area contributed by atoms with Crippen molar-refractivity contribution in [1.29, 1.82) is 0 Å². The second-order valence-electron chi connectivity index (χ2n) is 6.89. The molecule has 2 nitrogen and oxygen atoms in total. The van der Waals surface area contributed by atoms with Crippen LogP contribution < -0.4 is 0 Å². The highest BCUT2D eigenvalue weighted by atomic mass is 16.1. The van der Waals surface area contributed by atoms with Crippen LogP contribution in [0.1, 0.15) is 52.5 Å². The Hall–Kier alpha value is -1.44. The summed E-state index contributed by atoms with van der Waals surface area (Å²) in [5.41, 5.74) is 2.43. The van der Waals surface area contributed by atoms with Crippen LogP contribution in [0.4, 0.5) is 0 Å². The SMILES string of the molecule is Cc1cccc2c1C(=O)C1C3CCC(C)(C3)C1C2=O. The van der Waals surface area contributed by atoms with E-state index < -0.39 is 0 Å². The summed E-state index contributed by atoms with van der Waals surface area (Å²) in [6, 6.07) is 5.68. The zero-order chi connectivity index (χ0) is 13.4. The summed E-state index contributed by atoms with van der Waals surface area (Å²) in [6.07, 6.45) is 3.30. The van der Waals surface area contributed by atoms with Gasteiger partial charge < -0.3 is 0 Å². The second-order valence-corrected chi connectivity index (χ2v) is 6.89. The van der Waals surface area contributed by atoms with E-state index in [4.69, 9.17) is 0 Å². The third kappa shape index (κ3) is 1.22. The molecule has 1 aromatic carbocycles. The largest absolute Gasteiger partial charge is 0.294 e. The predicted molar refractivity (Wildman–Crippen MR) is 72.3 cm³/mol. The smallest absolute Gasteiger partial charge is 0.167 e. The second kappa shape index (κ2) is 3.36. The zero-order valence-corrected chi connectivity index (χ0v) is 11.4. The molecule has 0 aromatic heterocycles. The molecule has 4 unspecified atom stereocenters. The summed E-state index contributed by atoms with van der Waals surface area (Å²) >= 11 is 0. The summed E-state index contributed by atoms with van der Waals surface area (Å²) in [4.78, 5) is 25.7. The van der Waals surface area contributed by atoms with Gasteiger partial charge in [-0.15, -0.1) is 0 Å². The standard InChI is InChI=1S/C17H18O2/c1-9-4-3-5-11-12(9)16(19)13-10-6-7-17(2,8-10)14(13)15(11)18/h3-5,10,13-14H,6-8H2,1-2H3. The molecule has 2 saturated carbocycles. The van der Waals surface area contributed by atoms with Gasteiger partial charge in [-0.1, -0.05) is 25.1 Å². The number of fused-ring (bicyclic) bond motifs is 6. The molecular weight excluding hydrogens is 236 g/mol. The summed E-state index contributed by atoms with van der Waals surface area (Å²) < 4.78 is 0. The van der Waals surface area contributed by atoms with Crippen molar-refractivity contribution in [1.82, 2.24) is 0 Å². The van der Waals surface area contributed by atoms with E-state index in [-0.39, 0.29) is 28.8 Å². The van der Waals surface area contributed by atoms with Gasteiger partial charge in [-0.3, -0.25) is 9.59 Å². The van der Waals surface area contributed by atoms with Gasteiger partial charge in [0.1, 0.15) is 0 Å². The Kier molecular flexibility index (Phi) is 2.01. The van der Waals surface area contributed by atoms with Gasteiger partial charge in [-0.25, -0.2) is 0 Å².